The highest BCUT2D eigenvalue weighted by Gasteiger charge is 2.39. The van der Waals surface area contributed by atoms with E-state index in [1.54, 1.807) is 0 Å². The minimum Gasteiger partial charge on any atom is -0.381 e. The maximum Gasteiger partial charge on any atom is 0.0529 e. The molecule has 3 rings (SSSR count). The third-order valence-corrected chi connectivity index (χ3v) is 4.00. The lowest BCUT2D eigenvalue weighted by Gasteiger charge is -2.23. The number of nitrogens with one attached hydrogen (secondary N) is 1. The maximum absolute atomic E-state index is 4.32. The molecule has 0 saturated heterocycles. The zero-order chi connectivity index (χ0) is 10.3. The summed E-state index contributed by atoms with van der Waals surface area (Å²) >= 11 is 0. The number of nitrogens with zero attached hydrogens (tertiary/aromatic N) is 1. The number of aromatic nitrogens is 1. The van der Waals surface area contributed by atoms with Crippen molar-refractivity contribution in [2.24, 2.45) is 11.8 Å². The molecule has 2 aliphatic rings. The highest BCUT2D eigenvalue weighted by Crippen LogP contribution is 2.45. The van der Waals surface area contributed by atoms with E-state index in [4.69, 9.17) is 0 Å². The molecule has 0 aromatic carbocycles. The first-order valence-electron chi connectivity index (χ1n) is 6.00. The summed E-state index contributed by atoms with van der Waals surface area (Å²) in [6.07, 6.45) is 7.69. The molecule has 0 spiro atoms. The Morgan fingerprint density at radius 3 is 2.80 bits per heavy atom. The number of fused-ring (bicyclic) bond motifs is 2. The second-order valence-electron chi connectivity index (χ2n) is 5.11. The van der Waals surface area contributed by atoms with Crippen LogP contribution in [0.1, 0.15) is 31.4 Å². The van der Waals surface area contributed by atoms with Gasteiger partial charge in [-0.2, -0.15) is 0 Å². The Balaban J connectivity index is 1.68. The minimum absolute atomic E-state index is 0.716. The van der Waals surface area contributed by atoms with Gasteiger partial charge in [0.2, 0.25) is 0 Å². The van der Waals surface area contributed by atoms with E-state index in [1.807, 2.05) is 13.1 Å². The predicted octanol–water partition coefficient (Wildman–Crippen LogP) is 2.99. The van der Waals surface area contributed by atoms with Crippen molar-refractivity contribution in [2.45, 2.75) is 38.6 Å². The monoisotopic (exact) mass is 202 g/mol. The molecule has 0 radical (unpaired) electrons. The summed E-state index contributed by atoms with van der Waals surface area (Å²) < 4.78 is 0. The third-order valence-electron chi connectivity index (χ3n) is 4.00. The summed E-state index contributed by atoms with van der Waals surface area (Å²) in [7, 11) is 0. The summed E-state index contributed by atoms with van der Waals surface area (Å²) in [5.41, 5.74) is 2.28. The Hall–Kier alpha value is -1.05. The van der Waals surface area contributed by atoms with Crippen molar-refractivity contribution in [3.8, 4) is 0 Å². The van der Waals surface area contributed by atoms with Crippen LogP contribution < -0.4 is 5.32 Å². The Labute approximate surface area is 91.1 Å². The highest BCUT2D eigenvalue weighted by molar-refractivity contribution is 5.42. The third kappa shape index (κ3) is 1.73. The summed E-state index contributed by atoms with van der Waals surface area (Å²) in [5, 5.41) is 3.64. The highest BCUT2D eigenvalue weighted by atomic mass is 15.0. The topological polar surface area (TPSA) is 24.9 Å². The SMILES string of the molecule is Cc1ccc(N[C@@H]2C[C@H]3CC[C@H]2C3)cn1. The largest absolute Gasteiger partial charge is 0.381 e. The first-order valence-corrected chi connectivity index (χ1v) is 6.00. The summed E-state index contributed by atoms with van der Waals surface area (Å²) in [4.78, 5) is 4.32. The molecule has 0 amide bonds. The number of rotatable bonds is 2. The van der Waals surface area contributed by atoms with Crippen molar-refractivity contribution in [2.75, 3.05) is 5.32 Å². The number of hydrogen-bond donors (Lipinski definition) is 1. The van der Waals surface area contributed by atoms with Crippen LogP contribution in [-0.4, -0.2) is 11.0 Å². The van der Waals surface area contributed by atoms with Gasteiger partial charge in [-0.3, -0.25) is 4.98 Å². The normalized spacial score (nSPS) is 33.3. The van der Waals surface area contributed by atoms with Gasteiger partial charge in [0.1, 0.15) is 0 Å². The molecule has 2 fully saturated rings. The molecular formula is C13H18N2. The Morgan fingerprint density at radius 2 is 2.20 bits per heavy atom. The van der Waals surface area contributed by atoms with E-state index < -0.39 is 0 Å². The average Bonchev–Trinajstić information content (AvgIpc) is 2.83. The lowest BCUT2D eigenvalue weighted by Crippen LogP contribution is -2.25. The molecule has 2 nitrogen and oxygen atoms in total. The number of anilines is 1. The molecule has 0 aliphatic heterocycles. The van der Waals surface area contributed by atoms with Gasteiger partial charge >= 0.3 is 0 Å². The van der Waals surface area contributed by atoms with Crippen LogP contribution in [-0.2, 0) is 0 Å². The molecule has 1 heterocycles. The van der Waals surface area contributed by atoms with Gasteiger partial charge < -0.3 is 5.32 Å². The summed E-state index contributed by atoms with van der Waals surface area (Å²) in [6.45, 7) is 2.03. The molecule has 2 bridgehead atoms. The number of pyridine rings is 1. The van der Waals surface area contributed by atoms with Gasteiger partial charge in [-0.25, -0.2) is 0 Å². The Kier molecular flexibility index (Phi) is 2.15. The van der Waals surface area contributed by atoms with E-state index in [-0.39, 0.29) is 0 Å². The van der Waals surface area contributed by atoms with E-state index in [0.717, 1.165) is 17.5 Å². The van der Waals surface area contributed by atoms with Crippen LogP contribution in [0, 0.1) is 18.8 Å². The van der Waals surface area contributed by atoms with Crippen LogP contribution in [0.3, 0.4) is 0 Å². The molecular weight excluding hydrogens is 184 g/mol. The second-order valence-corrected chi connectivity index (χ2v) is 5.11. The molecule has 1 aromatic heterocycles. The molecule has 2 saturated carbocycles. The van der Waals surface area contributed by atoms with Crippen LogP contribution >= 0.6 is 0 Å². The number of aryl methyl sites for hydroxylation is 1. The lowest BCUT2D eigenvalue weighted by molar-refractivity contribution is 0.439. The van der Waals surface area contributed by atoms with Gasteiger partial charge in [-0.15, -0.1) is 0 Å². The quantitative estimate of drug-likeness (QED) is 0.797. The molecule has 1 N–H and O–H groups in total. The van der Waals surface area contributed by atoms with Crippen molar-refractivity contribution in [1.29, 1.82) is 0 Å². The molecule has 2 aliphatic carbocycles. The van der Waals surface area contributed by atoms with E-state index in [9.17, 15) is 0 Å². The predicted molar refractivity (Wildman–Crippen MR) is 61.8 cm³/mol. The van der Waals surface area contributed by atoms with Gasteiger partial charge in [0.15, 0.2) is 0 Å². The van der Waals surface area contributed by atoms with Gasteiger partial charge in [-0.05, 0) is 50.2 Å². The van der Waals surface area contributed by atoms with E-state index in [1.165, 1.54) is 31.4 Å². The maximum atomic E-state index is 4.32. The van der Waals surface area contributed by atoms with Gasteiger partial charge in [-0.1, -0.05) is 6.42 Å². The van der Waals surface area contributed by atoms with Crippen LogP contribution in [0.15, 0.2) is 18.3 Å². The fourth-order valence-corrected chi connectivity index (χ4v) is 3.19. The van der Waals surface area contributed by atoms with Crippen molar-refractivity contribution < 1.29 is 0 Å². The van der Waals surface area contributed by atoms with Gasteiger partial charge in [0.05, 0.1) is 11.9 Å². The Bertz CT molecular complexity index is 344. The van der Waals surface area contributed by atoms with Crippen molar-refractivity contribution in [3.63, 3.8) is 0 Å². The first-order chi connectivity index (χ1) is 7.31. The molecule has 1 aromatic rings. The minimum atomic E-state index is 0.716. The molecule has 15 heavy (non-hydrogen) atoms. The average molecular weight is 202 g/mol. The van der Waals surface area contributed by atoms with Gasteiger partial charge in [0.25, 0.3) is 0 Å². The van der Waals surface area contributed by atoms with E-state index >= 15 is 0 Å². The molecule has 3 atom stereocenters. The van der Waals surface area contributed by atoms with Crippen LogP contribution in [0.4, 0.5) is 5.69 Å². The zero-order valence-corrected chi connectivity index (χ0v) is 9.24. The fourth-order valence-electron chi connectivity index (χ4n) is 3.19. The second kappa shape index (κ2) is 3.51. The number of hydrogen-bond acceptors (Lipinski definition) is 2. The van der Waals surface area contributed by atoms with E-state index in [2.05, 4.69) is 22.4 Å². The summed E-state index contributed by atoms with van der Waals surface area (Å²) in [5.74, 6) is 1.93. The standard InChI is InChI=1S/C13H18N2/c1-9-2-5-12(8-14-9)15-13-7-10-3-4-11(13)6-10/h2,5,8,10-11,13,15H,3-4,6-7H2,1H3/t10-,11-,13+/m0/s1. The fraction of sp³-hybridized carbons (Fsp3) is 0.615. The first kappa shape index (κ1) is 9.20. The van der Waals surface area contributed by atoms with Crippen LogP contribution in [0.2, 0.25) is 0 Å². The molecule has 80 valence electrons. The van der Waals surface area contributed by atoms with E-state index in [0.29, 0.717) is 6.04 Å². The molecule has 0 unspecified atom stereocenters. The van der Waals surface area contributed by atoms with Crippen LogP contribution in [0.25, 0.3) is 0 Å². The smallest absolute Gasteiger partial charge is 0.0529 e. The Morgan fingerprint density at radius 1 is 1.27 bits per heavy atom. The summed E-state index contributed by atoms with van der Waals surface area (Å²) in [6, 6.07) is 4.94. The zero-order valence-electron chi connectivity index (χ0n) is 9.24. The van der Waals surface area contributed by atoms with Crippen molar-refractivity contribution >= 4 is 5.69 Å². The van der Waals surface area contributed by atoms with Crippen molar-refractivity contribution in [3.05, 3.63) is 24.0 Å². The van der Waals surface area contributed by atoms with Crippen molar-refractivity contribution in [1.82, 2.24) is 4.98 Å². The van der Waals surface area contributed by atoms with Crippen LogP contribution in [0.5, 0.6) is 0 Å². The van der Waals surface area contributed by atoms with Gasteiger partial charge in [0, 0.05) is 11.7 Å². The lowest BCUT2D eigenvalue weighted by atomic mass is 9.95. The molecule has 2 heteroatoms.